The first-order chi connectivity index (χ1) is 12.0. The molecule has 3 aromatic rings. The average molecular weight is 337 g/mol. The fourth-order valence-electron chi connectivity index (χ4n) is 3.51. The first kappa shape index (κ1) is 15.7. The zero-order valence-corrected chi connectivity index (χ0v) is 14.3. The highest BCUT2D eigenvalue weighted by atomic mass is 19.1. The number of nitrogens with zero attached hydrogens (tertiary/aromatic N) is 1. The van der Waals surface area contributed by atoms with Crippen molar-refractivity contribution in [1.82, 2.24) is 9.88 Å². The van der Waals surface area contributed by atoms with Crippen LogP contribution in [-0.4, -0.2) is 22.5 Å². The van der Waals surface area contributed by atoms with E-state index in [-0.39, 0.29) is 11.8 Å². The number of carbonyl (C=O) groups excluding carboxylic acids is 1. The second-order valence-electron chi connectivity index (χ2n) is 6.69. The third-order valence-electron chi connectivity index (χ3n) is 4.85. The van der Waals surface area contributed by atoms with Gasteiger partial charge in [-0.25, -0.2) is 9.18 Å². The molecule has 25 heavy (non-hydrogen) atoms. The number of benzene rings is 2. The maximum Gasteiger partial charge on any atom is 0.322 e. The molecule has 1 aliphatic heterocycles. The van der Waals surface area contributed by atoms with Crippen molar-refractivity contribution >= 4 is 22.6 Å². The first-order valence-electron chi connectivity index (χ1n) is 8.43. The van der Waals surface area contributed by atoms with Crippen LogP contribution in [0.4, 0.5) is 14.9 Å². The minimum atomic E-state index is -0.258. The zero-order valence-electron chi connectivity index (χ0n) is 14.3. The van der Waals surface area contributed by atoms with E-state index in [0.717, 1.165) is 39.8 Å². The van der Waals surface area contributed by atoms with Crippen molar-refractivity contribution in [2.24, 2.45) is 0 Å². The molecule has 1 aliphatic rings. The van der Waals surface area contributed by atoms with Gasteiger partial charge in [-0.3, -0.25) is 0 Å². The number of aromatic nitrogens is 1. The molecule has 0 bridgehead atoms. The van der Waals surface area contributed by atoms with Gasteiger partial charge in [-0.15, -0.1) is 0 Å². The van der Waals surface area contributed by atoms with Crippen LogP contribution in [0.2, 0.25) is 0 Å². The molecule has 128 valence electrons. The van der Waals surface area contributed by atoms with Crippen LogP contribution in [0.3, 0.4) is 0 Å². The maximum atomic E-state index is 13.6. The Balaban J connectivity index is 1.58. The molecule has 2 N–H and O–H groups in total. The van der Waals surface area contributed by atoms with Gasteiger partial charge in [-0.05, 0) is 43.7 Å². The molecule has 4 nitrogen and oxygen atoms in total. The van der Waals surface area contributed by atoms with Gasteiger partial charge in [0.25, 0.3) is 0 Å². The fraction of sp³-hybridized carbons (Fsp3) is 0.250. The summed E-state index contributed by atoms with van der Waals surface area (Å²) in [5.74, 6) is -0.258. The second kappa shape index (κ2) is 5.92. The number of nitrogens with one attached hydrogen (secondary N) is 2. The smallest absolute Gasteiger partial charge is 0.322 e. The van der Waals surface area contributed by atoms with Crippen molar-refractivity contribution in [3.63, 3.8) is 0 Å². The van der Waals surface area contributed by atoms with Gasteiger partial charge in [0.1, 0.15) is 5.82 Å². The van der Waals surface area contributed by atoms with Gasteiger partial charge < -0.3 is 15.2 Å². The number of halogens is 1. The molecular weight excluding hydrogens is 317 g/mol. The molecular formula is C20H20FN3O. The number of aryl methyl sites for hydroxylation is 2. The lowest BCUT2D eigenvalue weighted by atomic mass is 10.0. The quantitative estimate of drug-likeness (QED) is 0.674. The van der Waals surface area contributed by atoms with Crippen LogP contribution >= 0.6 is 0 Å². The minimum Gasteiger partial charge on any atom is -0.358 e. The van der Waals surface area contributed by atoms with Gasteiger partial charge in [0, 0.05) is 47.4 Å². The molecule has 0 spiro atoms. The van der Waals surface area contributed by atoms with E-state index >= 15 is 0 Å². The number of rotatable bonds is 1. The Morgan fingerprint density at radius 3 is 2.84 bits per heavy atom. The number of carbonyl (C=O) groups is 1. The molecule has 0 atom stereocenters. The van der Waals surface area contributed by atoms with Gasteiger partial charge in [0.2, 0.25) is 0 Å². The molecule has 4 rings (SSSR count). The number of hydrogen-bond donors (Lipinski definition) is 2. The van der Waals surface area contributed by atoms with Gasteiger partial charge >= 0.3 is 6.03 Å². The van der Waals surface area contributed by atoms with Crippen LogP contribution in [-0.2, 0) is 13.0 Å². The summed E-state index contributed by atoms with van der Waals surface area (Å²) in [6, 6.07) is 10.6. The third kappa shape index (κ3) is 2.86. The van der Waals surface area contributed by atoms with Gasteiger partial charge in [0.05, 0.1) is 0 Å². The number of amides is 2. The minimum absolute atomic E-state index is 0.122. The molecule has 0 unspecified atom stereocenters. The summed E-state index contributed by atoms with van der Waals surface area (Å²) in [5, 5.41) is 3.85. The molecule has 2 heterocycles. The molecule has 1 aromatic heterocycles. The Hall–Kier alpha value is -2.82. The number of aromatic amines is 1. The van der Waals surface area contributed by atoms with E-state index in [4.69, 9.17) is 0 Å². The predicted molar refractivity (Wildman–Crippen MR) is 97.3 cm³/mol. The summed E-state index contributed by atoms with van der Waals surface area (Å²) in [4.78, 5) is 17.8. The van der Waals surface area contributed by atoms with Crippen LogP contribution in [0, 0.1) is 19.7 Å². The Bertz CT molecular complexity index is 976. The van der Waals surface area contributed by atoms with Crippen molar-refractivity contribution in [3.05, 3.63) is 64.6 Å². The average Bonchev–Trinajstić information content (AvgIpc) is 2.94. The molecule has 5 heteroatoms. The molecule has 2 amide bonds. The van der Waals surface area contributed by atoms with E-state index < -0.39 is 0 Å². The topological polar surface area (TPSA) is 48.1 Å². The lowest BCUT2D eigenvalue weighted by molar-refractivity contribution is 0.206. The Morgan fingerprint density at radius 2 is 2.04 bits per heavy atom. The number of fused-ring (bicyclic) bond motifs is 3. The molecule has 2 aromatic carbocycles. The third-order valence-corrected chi connectivity index (χ3v) is 4.85. The summed E-state index contributed by atoms with van der Waals surface area (Å²) in [5.41, 5.74) is 6.06. The predicted octanol–water partition coefficient (Wildman–Crippen LogP) is 4.51. The van der Waals surface area contributed by atoms with Crippen molar-refractivity contribution < 1.29 is 9.18 Å². The Morgan fingerprint density at radius 1 is 1.20 bits per heavy atom. The van der Waals surface area contributed by atoms with Crippen molar-refractivity contribution in [2.45, 2.75) is 26.8 Å². The van der Waals surface area contributed by atoms with Gasteiger partial charge in [-0.2, -0.15) is 0 Å². The lowest BCUT2D eigenvalue weighted by Gasteiger charge is -2.27. The van der Waals surface area contributed by atoms with E-state index in [1.165, 1.54) is 17.7 Å². The molecule has 0 saturated carbocycles. The van der Waals surface area contributed by atoms with Crippen LogP contribution in [0.5, 0.6) is 0 Å². The van der Waals surface area contributed by atoms with Gasteiger partial charge in [0.15, 0.2) is 0 Å². The summed E-state index contributed by atoms with van der Waals surface area (Å²) >= 11 is 0. The number of H-pyrrole nitrogens is 1. The van der Waals surface area contributed by atoms with Crippen LogP contribution in [0.1, 0.15) is 22.4 Å². The normalized spacial score (nSPS) is 13.8. The van der Waals surface area contributed by atoms with E-state index in [0.29, 0.717) is 13.1 Å². The lowest BCUT2D eigenvalue weighted by Crippen LogP contribution is -2.38. The van der Waals surface area contributed by atoms with Crippen LogP contribution in [0.15, 0.2) is 36.4 Å². The highest BCUT2D eigenvalue weighted by molar-refractivity contribution is 5.91. The van der Waals surface area contributed by atoms with Crippen LogP contribution in [0.25, 0.3) is 10.9 Å². The Kier molecular flexibility index (Phi) is 3.71. The maximum absolute atomic E-state index is 13.6. The largest absolute Gasteiger partial charge is 0.358 e. The zero-order chi connectivity index (χ0) is 17.6. The SMILES string of the molecule is Cc1ccc(NC(=O)N2CCc3[nH]c4ccc(F)cc4c3C2)c(C)c1. The van der Waals surface area contributed by atoms with Crippen molar-refractivity contribution in [2.75, 3.05) is 11.9 Å². The molecule has 0 fully saturated rings. The van der Waals surface area contributed by atoms with E-state index in [2.05, 4.69) is 10.3 Å². The fourth-order valence-corrected chi connectivity index (χ4v) is 3.51. The van der Waals surface area contributed by atoms with Crippen molar-refractivity contribution in [1.29, 1.82) is 0 Å². The molecule has 0 aliphatic carbocycles. The first-order valence-corrected chi connectivity index (χ1v) is 8.43. The Labute approximate surface area is 145 Å². The van der Waals surface area contributed by atoms with Crippen molar-refractivity contribution in [3.8, 4) is 0 Å². The van der Waals surface area contributed by atoms with Crippen LogP contribution < -0.4 is 5.32 Å². The number of anilines is 1. The molecule has 0 saturated heterocycles. The van der Waals surface area contributed by atoms with E-state index in [9.17, 15) is 9.18 Å². The summed E-state index contributed by atoms with van der Waals surface area (Å²) in [6.07, 6.45) is 0.742. The highest BCUT2D eigenvalue weighted by Crippen LogP contribution is 2.28. The number of hydrogen-bond acceptors (Lipinski definition) is 1. The monoisotopic (exact) mass is 337 g/mol. The highest BCUT2D eigenvalue weighted by Gasteiger charge is 2.24. The van der Waals surface area contributed by atoms with E-state index in [1.807, 2.05) is 32.0 Å². The summed E-state index contributed by atoms with van der Waals surface area (Å²) in [6.45, 7) is 5.13. The second-order valence-corrected chi connectivity index (χ2v) is 6.69. The van der Waals surface area contributed by atoms with E-state index in [1.54, 1.807) is 11.0 Å². The summed E-state index contributed by atoms with van der Waals surface area (Å²) in [7, 11) is 0. The summed E-state index contributed by atoms with van der Waals surface area (Å²) < 4.78 is 13.6. The standard InChI is InChI=1S/C20H20FN3O/c1-12-3-5-17(13(2)9-12)23-20(25)24-8-7-19-16(11-24)15-10-14(21)4-6-18(15)22-19/h3-6,9-10,22H,7-8,11H2,1-2H3,(H,23,25). The van der Waals surface area contributed by atoms with Gasteiger partial charge in [-0.1, -0.05) is 17.7 Å². The number of urea groups is 1. The molecule has 0 radical (unpaired) electrons.